The van der Waals surface area contributed by atoms with Gasteiger partial charge in [0, 0.05) is 0 Å². The van der Waals surface area contributed by atoms with Gasteiger partial charge in [0.2, 0.25) is 0 Å². The summed E-state index contributed by atoms with van der Waals surface area (Å²) >= 11 is 0. The van der Waals surface area contributed by atoms with Crippen LogP contribution in [0.15, 0.2) is 0 Å². The second-order valence-electron chi connectivity index (χ2n) is 7.45. The lowest BCUT2D eigenvalue weighted by Gasteiger charge is -2.28. The molecule has 116 valence electrons. The van der Waals surface area contributed by atoms with Gasteiger partial charge in [-0.25, -0.2) is 0 Å². The molecule has 3 fully saturated rings. The number of rotatable bonds is 2. The number of aliphatic hydroxyl groups excluding tert-OH is 1. The van der Waals surface area contributed by atoms with Crippen LogP contribution in [0.4, 0.5) is 0 Å². The highest BCUT2D eigenvalue weighted by atomic mass is 16.5. The van der Waals surface area contributed by atoms with Crippen LogP contribution in [0.1, 0.15) is 59.3 Å². The minimum absolute atomic E-state index is 0.0827. The Balaban J connectivity index is 0.000000152. The van der Waals surface area contributed by atoms with Gasteiger partial charge in [-0.2, -0.15) is 0 Å². The summed E-state index contributed by atoms with van der Waals surface area (Å²) in [4.78, 5) is 10.8. The Morgan fingerprint density at radius 3 is 2.40 bits per heavy atom. The van der Waals surface area contributed by atoms with Crippen LogP contribution in [-0.4, -0.2) is 24.3 Å². The molecule has 0 aromatic heterocycles. The number of hydrogen-bond acceptors (Lipinski definition) is 3. The first-order chi connectivity index (χ1) is 9.40. The quantitative estimate of drug-likeness (QED) is 0.790. The van der Waals surface area contributed by atoms with E-state index in [1.807, 2.05) is 20.8 Å². The summed E-state index contributed by atoms with van der Waals surface area (Å²) in [5, 5.41) is 9.67. The molecule has 2 bridgehead atoms. The van der Waals surface area contributed by atoms with Crippen molar-refractivity contribution in [3.63, 3.8) is 0 Å². The van der Waals surface area contributed by atoms with Crippen molar-refractivity contribution >= 4 is 5.97 Å². The van der Waals surface area contributed by atoms with Crippen molar-refractivity contribution in [3.8, 4) is 0 Å². The van der Waals surface area contributed by atoms with E-state index < -0.39 is 0 Å². The van der Waals surface area contributed by atoms with Gasteiger partial charge in [-0.05, 0) is 69.6 Å². The van der Waals surface area contributed by atoms with Crippen LogP contribution in [-0.2, 0) is 9.53 Å². The second-order valence-corrected chi connectivity index (χ2v) is 7.45. The summed E-state index contributed by atoms with van der Waals surface area (Å²) in [6.07, 6.45) is 7.72. The molecular weight excluding hydrogens is 252 g/mol. The summed E-state index contributed by atoms with van der Waals surface area (Å²) in [6.45, 7) is 5.72. The molecule has 0 aliphatic heterocycles. The molecule has 0 spiro atoms. The zero-order chi connectivity index (χ0) is 14.9. The Morgan fingerprint density at radius 2 is 1.85 bits per heavy atom. The van der Waals surface area contributed by atoms with Crippen molar-refractivity contribution in [1.29, 1.82) is 0 Å². The number of fused-ring (bicyclic) bond motifs is 5. The fourth-order valence-corrected chi connectivity index (χ4v) is 4.45. The van der Waals surface area contributed by atoms with Crippen molar-refractivity contribution in [2.24, 2.45) is 29.1 Å². The second kappa shape index (κ2) is 6.05. The van der Waals surface area contributed by atoms with E-state index in [2.05, 4.69) is 4.74 Å². The van der Waals surface area contributed by atoms with E-state index >= 15 is 0 Å². The van der Waals surface area contributed by atoms with Gasteiger partial charge in [0.15, 0.2) is 0 Å². The molecule has 0 aromatic rings. The third kappa shape index (κ3) is 2.88. The van der Waals surface area contributed by atoms with Crippen LogP contribution in [0.25, 0.3) is 0 Å². The number of carbonyl (C=O) groups excluding carboxylic acids is 1. The number of ether oxygens (including phenoxy) is 1. The van der Waals surface area contributed by atoms with Gasteiger partial charge in [0.25, 0.3) is 0 Å². The van der Waals surface area contributed by atoms with Crippen molar-refractivity contribution in [1.82, 2.24) is 0 Å². The smallest absolute Gasteiger partial charge is 0.311 e. The molecule has 3 heteroatoms. The molecule has 5 unspecified atom stereocenters. The molecule has 20 heavy (non-hydrogen) atoms. The van der Waals surface area contributed by atoms with Crippen LogP contribution in [0.2, 0.25) is 0 Å². The van der Waals surface area contributed by atoms with Crippen molar-refractivity contribution in [2.75, 3.05) is 7.11 Å². The van der Waals surface area contributed by atoms with Gasteiger partial charge >= 0.3 is 5.97 Å². The predicted octanol–water partition coefficient (Wildman–Crippen LogP) is 3.40. The van der Waals surface area contributed by atoms with Gasteiger partial charge in [-0.15, -0.1) is 0 Å². The Bertz CT molecular complexity index is 350. The monoisotopic (exact) mass is 282 g/mol. The lowest BCUT2D eigenvalue weighted by molar-refractivity contribution is -0.150. The van der Waals surface area contributed by atoms with E-state index in [1.54, 1.807) is 0 Å². The third-order valence-electron chi connectivity index (χ3n) is 6.02. The first-order valence-corrected chi connectivity index (χ1v) is 8.17. The molecule has 5 atom stereocenters. The molecule has 3 saturated carbocycles. The Hall–Kier alpha value is -0.570. The van der Waals surface area contributed by atoms with Crippen molar-refractivity contribution in [2.45, 2.75) is 65.4 Å². The Morgan fingerprint density at radius 1 is 1.20 bits per heavy atom. The SMILES string of the molecule is CCC(C)(C)C(=O)OC.OC1CC2CC1C1CCCC21. The predicted molar refractivity (Wildman–Crippen MR) is 79.1 cm³/mol. The van der Waals surface area contributed by atoms with Crippen LogP contribution < -0.4 is 0 Å². The fourth-order valence-electron chi connectivity index (χ4n) is 4.45. The zero-order valence-corrected chi connectivity index (χ0v) is 13.4. The molecule has 0 aromatic carbocycles. The van der Waals surface area contributed by atoms with E-state index in [0.717, 1.165) is 30.6 Å². The maximum Gasteiger partial charge on any atom is 0.311 e. The summed E-state index contributed by atoms with van der Waals surface area (Å²) < 4.78 is 4.57. The van der Waals surface area contributed by atoms with Crippen LogP contribution in [0.5, 0.6) is 0 Å². The molecule has 3 nitrogen and oxygen atoms in total. The van der Waals surface area contributed by atoms with Gasteiger partial charge < -0.3 is 9.84 Å². The Labute approximate surface area is 123 Å². The molecule has 0 amide bonds. The highest BCUT2D eigenvalue weighted by Gasteiger charge is 2.53. The molecule has 0 saturated heterocycles. The first-order valence-electron chi connectivity index (χ1n) is 8.17. The van der Waals surface area contributed by atoms with E-state index in [1.165, 1.54) is 32.8 Å². The standard InChI is InChI=1S/C10H16O.C7H14O2/c11-10-5-6-4-9(10)8-3-1-2-7(6)8;1-5-7(2,3)6(8)9-4/h6-11H,1-5H2;5H2,1-4H3. The minimum Gasteiger partial charge on any atom is -0.469 e. The van der Waals surface area contributed by atoms with E-state index in [0.29, 0.717) is 5.92 Å². The summed E-state index contributed by atoms with van der Waals surface area (Å²) in [5.41, 5.74) is -0.311. The molecule has 1 N–H and O–H groups in total. The molecule has 3 rings (SSSR count). The van der Waals surface area contributed by atoms with Crippen LogP contribution in [0, 0.1) is 29.1 Å². The number of hydrogen-bond donors (Lipinski definition) is 1. The number of carbonyl (C=O) groups is 1. The van der Waals surface area contributed by atoms with Gasteiger partial charge in [-0.3, -0.25) is 4.79 Å². The first kappa shape index (κ1) is 15.8. The largest absolute Gasteiger partial charge is 0.469 e. The van der Waals surface area contributed by atoms with E-state index in [4.69, 9.17) is 0 Å². The minimum atomic E-state index is -0.311. The van der Waals surface area contributed by atoms with E-state index in [-0.39, 0.29) is 17.5 Å². The molecule has 3 aliphatic carbocycles. The van der Waals surface area contributed by atoms with Gasteiger partial charge in [0.1, 0.15) is 0 Å². The van der Waals surface area contributed by atoms with Crippen molar-refractivity contribution in [3.05, 3.63) is 0 Å². The Kier molecular flexibility index (Phi) is 4.78. The normalized spacial score (nSPS) is 38.1. The molecule has 0 heterocycles. The lowest BCUT2D eigenvalue weighted by Crippen LogP contribution is -2.27. The molecular formula is C17H30O3. The highest BCUT2D eigenvalue weighted by molar-refractivity contribution is 5.75. The molecule has 0 radical (unpaired) electrons. The van der Waals surface area contributed by atoms with Crippen molar-refractivity contribution < 1.29 is 14.6 Å². The zero-order valence-electron chi connectivity index (χ0n) is 13.4. The maximum absolute atomic E-state index is 10.8. The van der Waals surface area contributed by atoms with Crippen LogP contribution in [0.3, 0.4) is 0 Å². The average Bonchev–Trinajstić information content (AvgIpc) is 3.10. The van der Waals surface area contributed by atoms with Crippen LogP contribution >= 0.6 is 0 Å². The number of methoxy groups -OCH3 is 1. The number of aliphatic hydroxyl groups is 1. The summed E-state index contributed by atoms with van der Waals surface area (Å²) in [7, 11) is 1.42. The maximum atomic E-state index is 10.8. The van der Waals surface area contributed by atoms with Gasteiger partial charge in [0.05, 0.1) is 18.6 Å². The highest BCUT2D eigenvalue weighted by Crippen LogP contribution is 2.58. The van der Waals surface area contributed by atoms with Gasteiger partial charge in [-0.1, -0.05) is 13.3 Å². The lowest BCUT2D eigenvalue weighted by atomic mass is 9.80. The summed E-state index contributed by atoms with van der Waals surface area (Å²) in [5.74, 6) is 3.46. The van der Waals surface area contributed by atoms with E-state index in [9.17, 15) is 9.90 Å². The molecule has 3 aliphatic rings. The average molecular weight is 282 g/mol. The topological polar surface area (TPSA) is 46.5 Å². The third-order valence-corrected chi connectivity index (χ3v) is 6.02. The summed E-state index contributed by atoms with van der Waals surface area (Å²) in [6, 6.07) is 0. The number of esters is 1. The fraction of sp³-hybridized carbons (Fsp3) is 0.941.